The van der Waals surface area contributed by atoms with E-state index < -0.39 is 0 Å². The maximum absolute atomic E-state index is 6.04. The predicted molar refractivity (Wildman–Crippen MR) is 76.0 cm³/mol. The van der Waals surface area contributed by atoms with Crippen LogP contribution >= 0.6 is 22.6 Å². The molecule has 0 aromatic carbocycles. The Morgan fingerprint density at radius 1 is 1.25 bits per heavy atom. The Bertz CT molecular complexity index is 187. The minimum atomic E-state index is 0.0383. The molecule has 0 saturated carbocycles. The number of alkyl halides is 1. The lowest BCUT2D eigenvalue weighted by molar-refractivity contribution is -0.145. The largest absolute Gasteiger partial charge is 0.353 e. The third kappa shape index (κ3) is 3.84. The molecule has 1 heterocycles. The number of hydrogen-bond donors (Lipinski definition) is 0. The zero-order valence-electron chi connectivity index (χ0n) is 10.7. The Morgan fingerprint density at radius 2 is 2.00 bits per heavy atom. The average Bonchev–Trinajstić information content (AvgIpc) is 2.57. The van der Waals surface area contributed by atoms with Gasteiger partial charge in [0.15, 0.2) is 6.29 Å². The summed E-state index contributed by atoms with van der Waals surface area (Å²) >= 11 is 2.48. The molecule has 0 spiro atoms. The van der Waals surface area contributed by atoms with Crippen molar-refractivity contribution in [1.29, 1.82) is 0 Å². The molecule has 3 heteroatoms. The van der Waals surface area contributed by atoms with Crippen molar-refractivity contribution in [1.82, 2.24) is 0 Å². The van der Waals surface area contributed by atoms with Gasteiger partial charge in [-0.25, -0.2) is 0 Å². The predicted octanol–water partition coefficient (Wildman–Crippen LogP) is 4.02. The Balaban J connectivity index is 2.43. The normalized spacial score (nSPS) is 34.5. The van der Waals surface area contributed by atoms with Crippen LogP contribution in [-0.4, -0.2) is 23.4 Å². The highest BCUT2D eigenvalue weighted by atomic mass is 127. The van der Waals surface area contributed by atoms with Crippen LogP contribution in [0.15, 0.2) is 0 Å². The first-order chi connectivity index (χ1) is 7.74. The smallest absolute Gasteiger partial charge is 0.160 e. The Labute approximate surface area is 114 Å². The fourth-order valence-corrected chi connectivity index (χ4v) is 3.78. The molecule has 96 valence electrons. The molecule has 2 unspecified atom stereocenters. The number of rotatable bonds is 7. The lowest BCUT2D eigenvalue weighted by Crippen LogP contribution is -2.22. The third-order valence-corrected chi connectivity index (χ3v) is 4.51. The second-order valence-corrected chi connectivity index (χ2v) is 5.55. The van der Waals surface area contributed by atoms with Gasteiger partial charge in [-0.05, 0) is 13.3 Å². The van der Waals surface area contributed by atoms with E-state index in [2.05, 4.69) is 36.4 Å². The van der Waals surface area contributed by atoms with Gasteiger partial charge >= 0.3 is 0 Å². The fourth-order valence-electron chi connectivity index (χ4n) is 2.41. The van der Waals surface area contributed by atoms with E-state index in [9.17, 15) is 0 Å². The maximum Gasteiger partial charge on any atom is 0.160 e. The number of unbranched alkanes of at least 4 members (excludes halogenated alkanes) is 2. The molecule has 1 rings (SSSR count). The summed E-state index contributed by atoms with van der Waals surface area (Å²) in [5.74, 6) is 1.22. The van der Waals surface area contributed by atoms with Crippen LogP contribution in [-0.2, 0) is 9.47 Å². The molecule has 0 aromatic heterocycles. The van der Waals surface area contributed by atoms with Crippen LogP contribution in [0.4, 0.5) is 0 Å². The van der Waals surface area contributed by atoms with Crippen LogP contribution in [0.2, 0.25) is 0 Å². The van der Waals surface area contributed by atoms with E-state index in [4.69, 9.17) is 9.47 Å². The lowest BCUT2D eigenvalue weighted by Gasteiger charge is -2.17. The van der Waals surface area contributed by atoms with Gasteiger partial charge in [-0.15, -0.1) is 0 Å². The third-order valence-electron chi connectivity index (χ3n) is 3.49. The van der Waals surface area contributed by atoms with E-state index >= 15 is 0 Å². The fraction of sp³-hybridized carbons (Fsp3) is 1.00. The quantitative estimate of drug-likeness (QED) is 0.396. The minimum absolute atomic E-state index is 0.0383. The molecule has 1 fully saturated rings. The van der Waals surface area contributed by atoms with E-state index in [1.807, 2.05) is 6.92 Å². The van der Waals surface area contributed by atoms with Crippen LogP contribution in [0.25, 0.3) is 0 Å². The highest BCUT2D eigenvalue weighted by Crippen LogP contribution is 2.36. The first-order valence-electron chi connectivity index (χ1n) is 6.57. The van der Waals surface area contributed by atoms with E-state index in [-0.39, 0.29) is 6.29 Å². The lowest BCUT2D eigenvalue weighted by atomic mass is 9.91. The van der Waals surface area contributed by atoms with Crippen molar-refractivity contribution in [3.05, 3.63) is 0 Å². The molecular formula is C13H25IO2. The zero-order chi connectivity index (χ0) is 12.0. The SMILES string of the molecule is CCCCC[C@@H]1OC(OCC)C(C)[C@H]1CI. The van der Waals surface area contributed by atoms with Crippen molar-refractivity contribution < 1.29 is 9.47 Å². The monoisotopic (exact) mass is 340 g/mol. The Hall–Kier alpha value is 0.650. The van der Waals surface area contributed by atoms with E-state index in [1.165, 1.54) is 30.1 Å². The van der Waals surface area contributed by atoms with Gasteiger partial charge in [-0.2, -0.15) is 0 Å². The maximum atomic E-state index is 6.04. The van der Waals surface area contributed by atoms with Crippen molar-refractivity contribution in [3.63, 3.8) is 0 Å². The van der Waals surface area contributed by atoms with E-state index in [1.54, 1.807) is 0 Å². The van der Waals surface area contributed by atoms with Gasteiger partial charge < -0.3 is 9.47 Å². The van der Waals surface area contributed by atoms with Crippen molar-refractivity contribution in [2.45, 2.75) is 58.8 Å². The molecule has 16 heavy (non-hydrogen) atoms. The van der Waals surface area contributed by atoms with Crippen LogP contribution < -0.4 is 0 Å². The molecular weight excluding hydrogens is 315 g/mol. The van der Waals surface area contributed by atoms with E-state index in [0.717, 1.165) is 6.61 Å². The summed E-state index contributed by atoms with van der Waals surface area (Å²) in [6, 6.07) is 0. The molecule has 4 atom stereocenters. The van der Waals surface area contributed by atoms with Gasteiger partial charge in [0, 0.05) is 22.9 Å². The summed E-state index contributed by atoms with van der Waals surface area (Å²) in [6.45, 7) is 7.31. The van der Waals surface area contributed by atoms with Gasteiger partial charge in [0.2, 0.25) is 0 Å². The molecule has 0 aromatic rings. The summed E-state index contributed by atoms with van der Waals surface area (Å²) in [7, 11) is 0. The van der Waals surface area contributed by atoms with Gasteiger partial charge in [-0.1, -0.05) is 55.7 Å². The highest BCUT2D eigenvalue weighted by Gasteiger charge is 2.40. The Morgan fingerprint density at radius 3 is 2.56 bits per heavy atom. The Kier molecular flexibility index (Phi) is 7.24. The molecule has 0 radical (unpaired) electrons. The van der Waals surface area contributed by atoms with Gasteiger partial charge in [-0.3, -0.25) is 0 Å². The molecule has 2 nitrogen and oxygen atoms in total. The van der Waals surface area contributed by atoms with Crippen molar-refractivity contribution in [2.24, 2.45) is 11.8 Å². The summed E-state index contributed by atoms with van der Waals surface area (Å²) in [5, 5.41) is 0. The molecule has 0 aliphatic carbocycles. The number of hydrogen-bond acceptors (Lipinski definition) is 2. The van der Waals surface area contributed by atoms with Crippen LogP contribution in [0.5, 0.6) is 0 Å². The summed E-state index contributed by atoms with van der Waals surface area (Å²) < 4.78 is 12.9. The first-order valence-corrected chi connectivity index (χ1v) is 8.10. The summed E-state index contributed by atoms with van der Waals surface area (Å²) in [5.41, 5.74) is 0. The topological polar surface area (TPSA) is 18.5 Å². The average molecular weight is 340 g/mol. The molecule has 0 amide bonds. The summed E-state index contributed by atoms with van der Waals surface area (Å²) in [4.78, 5) is 0. The highest BCUT2D eigenvalue weighted by molar-refractivity contribution is 14.1. The molecule has 0 bridgehead atoms. The standard InChI is InChI=1S/C13H25IO2/c1-4-6-7-8-12-11(9-14)10(3)13(16-12)15-5-2/h10-13H,4-9H2,1-3H3/t10?,11-,12+,13?/m1/s1. The van der Waals surface area contributed by atoms with Gasteiger partial charge in [0.1, 0.15) is 0 Å². The van der Waals surface area contributed by atoms with Gasteiger partial charge in [0.25, 0.3) is 0 Å². The summed E-state index contributed by atoms with van der Waals surface area (Å²) in [6.07, 6.45) is 5.56. The van der Waals surface area contributed by atoms with Crippen LogP contribution in [0.1, 0.15) is 46.5 Å². The van der Waals surface area contributed by atoms with E-state index in [0.29, 0.717) is 17.9 Å². The van der Waals surface area contributed by atoms with Crippen molar-refractivity contribution >= 4 is 22.6 Å². The molecule has 1 saturated heterocycles. The second-order valence-electron chi connectivity index (χ2n) is 4.67. The zero-order valence-corrected chi connectivity index (χ0v) is 12.9. The van der Waals surface area contributed by atoms with Crippen molar-refractivity contribution in [2.75, 3.05) is 11.0 Å². The van der Waals surface area contributed by atoms with Crippen LogP contribution in [0, 0.1) is 11.8 Å². The molecule has 0 N–H and O–H groups in total. The van der Waals surface area contributed by atoms with Crippen LogP contribution in [0.3, 0.4) is 0 Å². The van der Waals surface area contributed by atoms with Crippen molar-refractivity contribution in [3.8, 4) is 0 Å². The molecule has 1 aliphatic heterocycles. The first kappa shape index (κ1) is 14.7. The number of ether oxygens (including phenoxy) is 2. The second kappa shape index (κ2) is 7.88. The van der Waals surface area contributed by atoms with Gasteiger partial charge in [0.05, 0.1) is 6.10 Å². The minimum Gasteiger partial charge on any atom is -0.353 e. The molecule has 1 aliphatic rings. The number of halogens is 1.